The second-order valence-corrected chi connectivity index (χ2v) is 11.6. The van der Waals surface area contributed by atoms with Crippen LogP contribution in [0.4, 0.5) is 5.69 Å². The Labute approximate surface area is 187 Å². The minimum absolute atomic E-state index is 0.00292. The number of aliphatic hydroxyl groups is 1. The van der Waals surface area contributed by atoms with Crippen molar-refractivity contribution >= 4 is 11.5 Å². The molecule has 0 radical (unpaired) electrons. The number of ketones is 1. The lowest BCUT2D eigenvalue weighted by molar-refractivity contribution is -0.222. The van der Waals surface area contributed by atoms with E-state index in [1.807, 2.05) is 0 Å². The van der Waals surface area contributed by atoms with Crippen LogP contribution in [0.5, 0.6) is 0 Å². The zero-order chi connectivity index (χ0) is 22.0. The first-order valence-electron chi connectivity index (χ1n) is 12.4. The standard InChI is InChI=1S/C28H39NO2/c1-18(2)8-7-13-28-24-16-23(30)22-17-27(24,20-9-5-6-10-21(20)29-22)15-14-26(28,4)19(3)11-12-25(28)31/h5-6,8-10,19,22,24-25,29,31H,7,11-17H2,1-4H3/t19-,22+,24-,25+,26+,27+,28-/m1/s1. The predicted molar refractivity (Wildman–Crippen MR) is 126 cm³/mol. The largest absolute Gasteiger partial charge is 0.393 e. The molecule has 2 N–H and O–H groups in total. The minimum atomic E-state index is -0.326. The van der Waals surface area contributed by atoms with Crippen molar-refractivity contribution in [2.24, 2.45) is 22.7 Å². The summed E-state index contributed by atoms with van der Waals surface area (Å²) in [4.78, 5) is 13.4. The van der Waals surface area contributed by atoms with Crippen LogP contribution in [0.15, 0.2) is 35.9 Å². The molecule has 1 spiro atoms. The van der Waals surface area contributed by atoms with E-state index >= 15 is 0 Å². The number of hydrogen-bond donors (Lipinski definition) is 2. The number of aliphatic hydroxyl groups excluding tert-OH is 1. The average molecular weight is 422 g/mol. The topological polar surface area (TPSA) is 49.3 Å². The van der Waals surface area contributed by atoms with Gasteiger partial charge in [0.05, 0.1) is 12.1 Å². The highest BCUT2D eigenvalue weighted by Gasteiger charge is 2.70. The smallest absolute Gasteiger partial charge is 0.155 e. The highest BCUT2D eigenvalue weighted by molar-refractivity contribution is 5.90. The van der Waals surface area contributed by atoms with E-state index in [4.69, 9.17) is 0 Å². The summed E-state index contributed by atoms with van der Waals surface area (Å²) in [5.41, 5.74) is 3.76. The fraction of sp³-hybridized carbons (Fsp3) is 0.679. The Balaban J connectivity index is 1.71. The molecule has 3 fully saturated rings. The number of fused-ring (bicyclic) bond motifs is 4. The number of nitrogens with one attached hydrogen (secondary N) is 1. The molecule has 168 valence electrons. The van der Waals surface area contributed by atoms with Gasteiger partial charge in [0.15, 0.2) is 5.78 Å². The monoisotopic (exact) mass is 421 g/mol. The number of para-hydroxylation sites is 1. The number of carbonyl (C=O) groups is 1. The van der Waals surface area contributed by atoms with Crippen LogP contribution >= 0.6 is 0 Å². The fourth-order valence-corrected chi connectivity index (χ4v) is 8.55. The van der Waals surface area contributed by atoms with Gasteiger partial charge in [-0.3, -0.25) is 4.79 Å². The third-order valence-corrected chi connectivity index (χ3v) is 10.3. The van der Waals surface area contributed by atoms with E-state index in [2.05, 4.69) is 63.4 Å². The van der Waals surface area contributed by atoms with Gasteiger partial charge in [0.25, 0.3) is 0 Å². The summed E-state index contributed by atoms with van der Waals surface area (Å²) < 4.78 is 0. The van der Waals surface area contributed by atoms with Gasteiger partial charge < -0.3 is 10.4 Å². The molecule has 2 bridgehead atoms. The molecule has 1 heterocycles. The van der Waals surface area contributed by atoms with E-state index in [0.717, 1.165) is 50.6 Å². The van der Waals surface area contributed by atoms with Crippen molar-refractivity contribution in [3.8, 4) is 0 Å². The van der Waals surface area contributed by atoms with Crippen molar-refractivity contribution < 1.29 is 9.90 Å². The Kier molecular flexibility index (Phi) is 4.93. The van der Waals surface area contributed by atoms with Crippen LogP contribution in [0.25, 0.3) is 0 Å². The van der Waals surface area contributed by atoms with Crippen LogP contribution in [0, 0.1) is 22.7 Å². The van der Waals surface area contributed by atoms with E-state index in [9.17, 15) is 9.90 Å². The van der Waals surface area contributed by atoms with Gasteiger partial charge in [-0.15, -0.1) is 0 Å². The number of Topliss-reactive ketones (excluding diaryl/α,β-unsaturated/α-hetero) is 1. The molecule has 3 aliphatic carbocycles. The molecule has 0 amide bonds. The van der Waals surface area contributed by atoms with Crippen LogP contribution in [0.2, 0.25) is 0 Å². The molecule has 3 nitrogen and oxygen atoms in total. The maximum Gasteiger partial charge on any atom is 0.155 e. The van der Waals surface area contributed by atoms with Gasteiger partial charge in [-0.2, -0.15) is 0 Å². The quantitative estimate of drug-likeness (QED) is 0.587. The first kappa shape index (κ1) is 21.2. The molecule has 1 aromatic carbocycles. The highest BCUT2D eigenvalue weighted by atomic mass is 16.3. The van der Waals surface area contributed by atoms with Gasteiger partial charge in [-0.05, 0) is 87.7 Å². The summed E-state index contributed by atoms with van der Waals surface area (Å²) in [5, 5.41) is 15.4. The van der Waals surface area contributed by atoms with E-state index < -0.39 is 0 Å². The lowest BCUT2D eigenvalue weighted by Gasteiger charge is -2.71. The lowest BCUT2D eigenvalue weighted by Crippen LogP contribution is -2.70. The van der Waals surface area contributed by atoms with Crippen molar-refractivity contribution in [3.63, 3.8) is 0 Å². The number of rotatable bonds is 3. The summed E-state index contributed by atoms with van der Waals surface area (Å²) in [7, 11) is 0. The van der Waals surface area contributed by atoms with Gasteiger partial charge >= 0.3 is 0 Å². The Morgan fingerprint density at radius 3 is 2.77 bits per heavy atom. The summed E-state index contributed by atoms with van der Waals surface area (Å²) in [5.74, 6) is 1.14. The predicted octanol–water partition coefficient (Wildman–Crippen LogP) is 6.02. The zero-order valence-electron chi connectivity index (χ0n) is 19.7. The number of carbonyl (C=O) groups excluding carboxylic acids is 1. The van der Waals surface area contributed by atoms with Gasteiger partial charge in [0.1, 0.15) is 0 Å². The maximum atomic E-state index is 13.4. The number of benzene rings is 1. The Bertz CT molecular complexity index is 917. The molecule has 7 atom stereocenters. The minimum Gasteiger partial charge on any atom is -0.393 e. The summed E-state index contributed by atoms with van der Waals surface area (Å²) >= 11 is 0. The summed E-state index contributed by atoms with van der Waals surface area (Å²) in [6.07, 6.45) is 9.75. The van der Waals surface area contributed by atoms with Crippen LogP contribution in [-0.4, -0.2) is 23.0 Å². The van der Waals surface area contributed by atoms with Crippen molar-refractivity contribution in [2.75, 3.05) is 5.32 Å². The Hall–Kier alpha value is -1.61. The van der Waals surface area contributed by atoms with Gasteiger partial charge in [0, 0.05) is 22.9 Å². The van der Waals surface area contributed by atoms with Crippen LogP contribution in [0.1, 0.15) is 84.6 Å². The number of hydrogen-bond acceptors (Lipinski definition) is 3. The van der Waals surface area contributed by atoms with Gasteiger partial charge in [-0.1, -0.05) is 43.7 Å². The fourth-order valence-electron chi connectivity index (χ4n) is 8.55. The maximum absolute atomic E-state index is 13.4. The van der Waals surface area contributed by atoms with Crippen LogP contribution in [0.3, 0.4) is 0 Å². The summed E-state index contributed by atoms with van der Waals surface area (Å²) in [6, 6.07) is 8.63. The molecule has 3 heteroatoms. The number of anilines is 1. The zero-order valence-corrected chi connectivity index (χ0v) is 19.7. The van der Waals surface area contributed by atoms with Crippen molar-refractivity contribution in [1.29, 1.82) is 0 Å². The van der Waals surface area contributed by atoms with Crippen molar-refractivity contribution in [1.82, 2.24) is 0 Å². The first-order valence-corrected chi connectivity index (χ1v) is 12.4. The van der Waals surface area contributed by atoms with E-state index in [-0.39, 0.29) is 34.3 Å². The van der Waals surface area contributed by atoms with Crippen molar-refractivity contribution in [2.45, 2.75) is 96.6 Å². The molecule has 3 saturated carbocycles. The van der Waals surface area contributed by atoms with E-state index in [1.165, 1.54) is 11.1 Å². The lowest BCUT2D eigenvalue weighted by atomic mass is 9.34. The Morgan fingerprint density at radius 1 is 1.23 bits per heavy atom. The SMILES string of the molecule is CC(C)=CCC[C@]12[C@@H]3CC(=O)[C@@H]4C[C@@]3(CC[C@@]1(C)[C@H](C)CC[C@@H]2O)c1ccccc1N4. The molecular formula is C28H39NO2. The molecule has 4 aliphatic rings. The average Bonchev–Trinajstić information content (AvgIpc) is 2.74. The molecule has 1 aliphatic heterocycles. The second-order valence-electron chi connectivity index (χ2n) is 11.6. The summed E-state index contributed by atoms with van der Waals surface area (Å²) in [6.45, 7) is 9.19. The molecule has 1 aromatic rings. The third-order valence-electron chi connectivity index (χ3n) is 10.3. The molecule has 0 saturated heterocycles. The molecular weight excluding hydrogens is 382 g/mol. The van der Waals surface area contributed by atoms with Gasteiger partial charge in [-0.25, -0.2) is 0 Å². The molecule has 5 rings (SSSR count). The van der Waals surface area contributed by atoms with Gasteiger partial charge in [0.2, 0.25) is 0 Å². The number of allylic oxidation sites excluding steroid dienone is 2. The Morgan fingerprint density at radius 2 is 2.00 bits per heavy atom. The molecule has 31 heavy (non-hydrogen) atoms. The van der Waals surface area contributed by atoms with Crippen molar-refractivity contribution in [3.05, 3.63) is 41.5 Å². The first-order chi connectivity index (χ1) is 14.7. The molecule has 0 aromatic heterocycles. The second kappa shape index (κ2) is 7.20. The highest BCUT2D eigenvalue weighted by Crippen LogP contribution is 2.72. The van der Waals surface area contributed by atoms with E-state index in [0.29, 0.717) is 18.1 Å². The third kappa shape index (κ3) is 2.78. The van der Waals surface area contributed by atoms with E-state index in [1.54, 1.807) is 0 Å². The van der Waals surface area contributed by atoms with Crippen LogP contribution < -0.4 is 5.32 Å². The molecule has 0 unspecified atom stereocenters. The normalized spacial score (nSPS) is 43.2. The van der Waals surface area contributed by atoms with Crippen LogP contribution in [-0.2, 0) is 10.2 Å².